The summed E-state index contributed by atoms with van der Waals surface area (Å²) in [6, 6.07) is 2.03. The highest BCUT2D eigenvalue weighted by Gasteiger charge is 2.01. The molecule has 1 aromatic rings. The third-order valence-electron chi connectivity index (χ3n) is 2.37. The molecule has 1 aromatic heterocycles. The van der Waals surface area contributed by atoms with Crippen LogP contribution in [0.1, 0.15) is 25.8 Å². The number of halogens is 1. The fourth-order valence-electron chi connectivity index (χ4n) is 1.09. The predicted molar refractivity (Wildman–Crippen MR) is 61.9 cm³/mol. The largest absolute Gasteiger partial charge is 0.384 e. The highest BCUT2D eigenvalue weighted by atomic mass is 35.5. The Labute approximate surface area is 90.7 Å². The van der Waals surface area contributed by atoms with Crippen molar-refractivity contribution < 1.29 is 0 Å². The first-order valence-electron chi connectivity index (χ1n) is 4.99. The minimum atomic E-state index is 0.582. The Morgan fingerprint density at radius 1 is 1.57 bits per heavy atom. The fraction of sp³-hybridized carbons (Fsp3) is 0.545. The Morgan fingerprint density at radius 2 is 2.29 bits per heavy atom. The average Bonchev–Trinajstić information content (AvgIpc) is 2.19. The van der Waals surface area contributed by atoms with Gasteiger partial charge in [-0.3, -0.25) is 0 Å². The number of aryl methyl sites for hydroxylation is 1. The fourth-order valence-corrected chi connectivity index (χ4v) is 1.19. The van der Waals surface area contributed by atoms with E-state index in [2.05, 4.69) is 24.1 Å². The van der Waals surface area contributed by atoms with Crippen LogP contribution in [0.3, 0.4) is 0 Å². The van der Waals surface area contributed by atoms with Gasteiger partial charge in [0.1, 0.15) is 5.15 Å². The number of anilines is 1. The maximum Gasteiger partial charge on any atom is 0.132 e. The van der Waals surface area contributed by atoms with Crippen molar-refractivity contribution in [2.75, 3.05) is 11.9 Å². The average molecular weight is 213 g/mol. The number of nitrogens with one attached hydrogen (secondary N) is 1. The molecule has 1 heterocycles. The molecule has 1 N–H and O–H groups in total. The molecular formula is C11H17ClN2. The molecule has 0 spiro atoms. The van der Waals surface area contributed by atoms with Gasteiger partial charge in [-0.25, -0.2) is 4.98 Å². The van der Waals surface area contributed by atoms with Crippen molar-refractivity contribution in [1.29, 1.82) is 0 Å². The van der Waals surface area contributed by atoms with Gasteiger partial charge in [0.05, 0.1) is 11.9 Å². The molecule has 0 bridgehead atoms. The first kappa shape index (κ1) is 11.3. The van der Waals surface area contributed by atoms with Crippen LogP contribution in [0.2, 0.25) is 5.15 Å². The van der Waals surface area contributed by atoms with Gasteiger partial charge < -0.3 is 5.32 Å². The zero-order valence-corrected chi connectivity index (χ0v) is 9.73. The summed E-state index contributed by atoms with van der Waals surface area (Å²) in [6.07, 6.45) is 2.96. The summed E-state index contributed by atoms with van der Waals surface area (Å²) < 4.78 is 0. The van der Waals surface area contributed by atoms with Gasteiger partial charge in [0.25, 0.3) is 0 Å². The number of hydrogen-bond donors (Lipinski definition) is 1. The summed E-state index contributed by atoms with van der Waals surface area (Å²) in [7, 11) is 0. The van der Waals surface area contributed by atoms with E-state index >= 15 is 0 Å². The molecule has 14 heavy (non-hydrogen) atoms. The molecule has 1 atom stereocenters. The van der Waals surface area contributed by atoms with Crippen LogP contribution in [-0.4, -0.2) is 11.5 Å². The van der Waals surface area contributed by atoms with E-state index in [1.54, 1.807) is 6.20 Å². The van der Waals surface area contributed by atoms with Crippen molar-refractivity contribution in [2.24, 2.45) is 5.92 Å². The second kappa shape index (κ2) is 5.20. The van der Waals surface area contributed by atoms with Crippen LogP contribution in [-0.2, 0) is 0 Å². The topological polar surface area (TPSA) is 24.9 Å². The van der Waals surface area contributed by atoms with E-state index in [-0.39, 0.29) is 0 Å². The van der Waals surface area contributed by atoms with E-state index in [9.17, 15) is 0 Å². The van der Waals surface area contributed by atoms with E-state index in [1.165, 1.54) is 6.42 Å². The molecule has 0 amide bonds. The molecule has 0 aromatic carbocycles. The van der Waals surface area contributed by atoms with Crippen LogP contribution in [0.25, 0.3) is 0 Å². The Balaban J connectivity index is 2.55. The Morgan fingerprint density at radius 3 is 2.86 bits per heavy atom. The van der Waals surface area contributed by atoms with Crippen molar-refractivity contribution in [3.05, 3.63) is 23.0 Å². The van der Waals surface area contributed by atoms with Crippen LogP contribution in [0.15, 0.2) is 12.3 Å². The predicted octanol–water partition coefficient (Wildman–Crippen LogP) is 3.50. The van der Waals surface area contributed by atoms with Gasteiger partial charge in [-0.15, -0.1) is 0 Å². The highest BCUT2D eigenvalue weighted by Crippen LogP contribution is 2.16. The van der Waals surface area contributed by atoms with E-state index in [1.807, 2.05) is 13.0 Å². The molecule has 1 rings (SSSR count). The van der Waals surface area contributed by atoms with Crippen LogP contribution in [0, 0.1) is 12.8 Å². The Bertz CT molecular complexity index is 299. The zero-order chi connectivity index (χ0) is 10.6. The quantitative estimate of drug-likeness (QED) is 0.773. The Hall–Kier alpha value is -0.760. The molecular weight excluding hydrogens is 196 g/mol. The molecule has 2 nitrogen and oxygen atoms in total. The molecule has 0 aliphatic heterocycles. The summed E-state index contributed by atoms with van der Waals surface area (Å²) in [4.78, 5) is 4.09. The third-order valence-corrected chi connectivity index (χ3v) is 2.76. The van der Waals surface area contributed by atoms with Gasteiger partial charge in [-0.1, -0.05) is 31.9 Å². The van der Waals surface area contributed by atoms with Gasteiger partial charge in [-0.2, -0.15) is 0 Å². The molecule has 0 fully saturated rings. The number of pyridine rings is 1. The van der Waals surface area contributed by atoms with Crippen LogP contribution in [0.5, 0.6) is 0 Å². The van der Waals surface area contributed by atoms with Crippen molar-refractivity contribution in [3.63, 3.8) is 0 Å². The van der Waals surface area contributed by atoms with E-state index < -0.39 is 0 Å². The lowest BCUT2D eigenvalue weighted by atomic mass is 10.1. The minimum absolute atomic E-state index is 0.582. The van der Waals surface area contributed by atoms with Crippen molar-refractivity contribution >= 4 is 17.3 Å². The van der Waals surface area contributed by atoms with Crippen molar-refractivity contribution in [3.8, 4) is 0 Å². The molecule has 0 saturated heterocycles. The number of rotatable bonds is 4. The number of nitrogens with zero attached hydrogens (tertiary/aromatic N) is 1. The summed E-state index contributed by atoms with van der Waals surface area (Å²) in [5.74, 6) is 0.686. The van der Waals surface area contributed by atoms with Crippen molar-refractivity contribution in [1.82, 2.24) is 4.98 Å². The lowest BCUT2D eigenvalue weighted by Gasteiger charge is -2.11. The maximum absolute atomic E-state index is 5.83. The number of aromatic nitrogens is 1. The zero-order valence-electron chi connectivity index (χ0n) is 8.97. The lowest BCUT2D eigenvalue weighted by molar-refractivity contribution is 0.593. The first-order valence-corrected chi connectivity index (χ1v) is 5.37. The molecule has 0 radical (unpaired) electrons. The van der Waals surface area contributed by atoms with Gasteiger partial charge in [0.15, 0.2) is 0 Å². The van der Waals surface area contributed by atoms with Crippen LogP contribution >= 0.6 is 11.6 Å². The number of hydrogen-bond acceptors (Lipinski definition) is 2. The molecule has 0 saturated carbocycles. The van der Waals surface area contributed by atoms with E-state index in [4.69, 9.17) is 11.6 Å². The van der Waals surface area contributed by atoms with E-state index in [0.29, 0.717) is 11.1 Å². The standard InChI is InChI=1S/C11H17ClN2/c1-4-8(2)6-13-10-5-9(3)11(12)14-7-10/h5,7-8,13H,4,6H2,1-3H3. The van der Waals surface area contributed by atoms with Gasteiger partial charge >= 0.3 is 0 Å². The SMILES string of the molecule is CCC(C)CNc1cnc(Cl)c(C)c1. The summed E-state index contributed by atoms with van der Waals surface area (Å²) >= 11 is 5.83. The van der Waals surface area contributed by atoms with Gasteiger partial charge in [-0.05, 0) is 24.5 Å². The highest BCUT2D eigenvalue weighted by molar-refractivity contribution is 6.30. The van der Waals surface area contributed by atoms with Crippen LogP contribution in [0.4, 0.5) is 5.69 Å². The maximum atomic E-state index is 5.83. The Kier molecular flexibility index (Phi) is 4.21. The molecule has 0 aliphatic rings. The second-order valence-electron chi connectivity index (χ2n) is 3.73. The summed E-state index contributed by atoms with van der Waals surface area (Å²) in [6.45, 7) is 7.37. The monoisotopic (exact) mass is 212 g/mol. The molecule has 3 heteroatoms. The molecule has 1 unspecified atom stereocenters. The van der Waals surface area contributed by atoms with Gasteiger partial charge in [0, 0.05) is 6.54 Å². The van der Waals surface area contributed by atoms with Crippen LogP contribution < -0.4 is 5.32 Å². The van der Waals surface area contributed by atoms with Crippen molar-refractivity contribution in [2.45, 2.75) is 27.2 Å². The summed E-state index contributed by atoms with van der Waals surface area (Å²) in [5, 5.41) is 3.92. The normalized spacial score (nSPS) is 12.6. The third kappa shape index (κ3) is 3.18. The summed E-state index contributed by atoms with van der Waals surface area (Å²) in [5.41, 5.74) is 2.06. The second-order valence-corrected chi connectivity index (χ2v) is 4.08. The molecule has 0 aliphatic carbocycles. The minimum Gasteiger partial charge on any atom is -0.384 e. The van der Waals surface area contributed by atoms with E-state index in [0.717, 1.165) is 17.8 Å². The first-order chi connectivity index (χ1) is 6.63. The molecule has 78 valence electrons. The smallest absolute Gasteiger partial charge is 0.132 e. The lowest BCUT2D eigenvalue weighted by Crippen LogP contribution is -2.10. The van der Waals surface area contributed by atoms with Gasteiger partial charge in [0.2, 0.25) is 0 Å².